The van der Waals surface area contributed by atoms with Crippen molar-refractivity contribution in [2.24, 2.45) is 0 Å². The maximum Gasteiger partial charge on any atom is 0.317 e. The predicted molar refractivity (Wildman–Crippen MR) is 92.1 cm³/mol. The summed E-state index contributed by atoms with van der Waals surface area (Å²) in [7, 11) is 3.79. The fourth-order valence-corrected chi connectivity index (χ4v) is 3.19. The van der Waals surface area contributed by atoms with E-state index in [-0.39, 0.29) is 17.9 Å². The number of carbonyl (C=O) groups excluding carboxylic acids is 1. The second-order valence-corrected chi connectivity index (χ2v) is 6.90. The maximum atomic E-state index is 14.1. The van der Waals surface area contributed by atoms with Crippen LogP contribution >= 0.6 is 0 Å². The number of halogens is 1. The molecule has 0 aromatic heterocycles. The van der Waals surface area contributed by atoms with Gasteiger partial charge in [-0.1, -0.05) is 12.1 Å². The van der Waals surface area contributed by atoms with Crippen molar-refractivity contribution in [2.45, 2.75) is 51.4 Å². The summed E-state index contributed by atoms with van der Waals surface area (Å²) < 4.78 is 14.1. The second-order valence-electron chi connectivity index (χ2n) is 6.90. The van der Waals surface area contributed by atoms with Crippen LogP contribution in [0.4, 0.5) is 9.18 Å². The number of rotatable bonds is 6. The van der Waals surface area contributed by atoms with Crippen molar-refractivity contribution in [3.8, 4) is 0 Å². The first-order valence-corrected chi connectivity index (χ1v) is 8.51. The molecule has 1 aliphatic heterocycles. The summed E-state index contributed by atoms with van der Waals surface area (Å²) in [5, 5.41) is 12.4. The van der Waals surface area contributed by atoms with Crippen LogP contribution in [0.25, 0.3) is 0 Å². The van der Waals surface area contributed by atoms with E-state index >= 15 is 0 Å². The molecule has 2 unspecified atom stereocenters. The van der Waals surface area contributed by atoms with Crippen LogP contribution < -0.4 is 5.32 Å². The van der Waals surface area contributed by atoms with Crippen molar-refractivity contribution in [1.29, 1.82) is 0 Å². The molecule has 1 fully saturated rings. The zero-order valence-corrected chi connectivity index (χ0v) is 14.8. The lowest BCUT2D eigenvalue weighted by molar-refractivity contribution is 0.138. The van der Waals surface area contributed by atoms with E-state index in [0.717, 1.165) is 18.4 Å². The number of urea groups is 1. The van der Waals surface area contributed by atoms with Crippen LogP contribution in [0, 0.1) is 5.82 Å². The molecule has 1 aromatic carbocycles. The number of nitrogens with one attached hydrogen (secondary N) is 1. The summed E-state index contributed by atoms with van der Waals surface area (Å²) in [6.45, 7) is 3.30. The first kappa shape index (κ1) is 18.7. The molecule has 2 amide bonds. The molecule has 0 radical (unpaired) electrons. The summed E-state index contributed by atoms with van der Waals surface area (Å²) in [6.07, 6.45) is 2.06. The standard InChI is InChI=1S/C18H28FN3O2/c1-13(23)9-16-5-4-8-22(16)18(24)20-11-14-6-7-15(12-21(2)3)17(19)10-14/h6-7,10,13,16,23H,4-5,8-9,11-12H2,1-3H3,(H,20,24). The lowest BCUT2D eigenvalue weighted by Gasteiger charge is -2.26. The molecule has 0 saturated carbocycles. The van der Waals surface area contributed by atoms with Gasteiger partial charge >= 0.3 is 6.03 Å². The van der Waals surface area contributed by atoms with Gasteiger partial charge < -0.3 is 20.2 Å². The third kappa shape index (κ3) is 5.18. The molecule has 0 spiro atoms. The van der Waals surface area contributed by atoms with Crippen molar-refractivity contribution < 1.29 is 14.3 Å². The summed E-state index contributed by atoms with van der Waals surface area (Å²) >= 11 is 0. The van der Waals surface area contributed by atoms with E-state index < -0.39 is 6.10 Å². The topological polar surface area (TPSA) is 55.8 Å². The Bertz CT molecular complexity index is 563. The van der Waals surface area contributed by atoms with Gasteiger partial charge in [-0.2, -0.15) is 0 Å². The Labute approximate surface area is 143 Å². The number of amides is 2. The smallest absolute Gasteiger partial charge is 0.317 e. The lowest BCUT2D eigenvalue weighted by Crippen LogP contribution is -2.43. The monoisotopic (exact) mass is 337 g/mol. The average Bonchev–Trinajstić information content (AvgIpc) is 2.94. The van der Waals surface area contributed by atoms with Gasteiger partial charge in [0.2, 0.25) is 0 Å². The number of aliphatic hydroxyl groups excluding tert-OH is 1. The zero-order chi connectivity index (χ0) is 17.7. The highest BCUT2D eigenvalue weighted by Crippen LogP contribution is 2.21. The molecule has 1 aliphatic rings. The third-order valence-corrected chi connectivity index (χ3v) is 4.30. The van der Waals surface area contributed by atoms with E-state index in [4.69, 9.17) is 0 Å². The van der Waals surface area contributed by atoms with Gasteiger partial charge in [-0.25, -0.2) is 9.18 Å². The van der Waals surface area contributed by atoms with E-state index in [1.807, 2.05) is 25.1 Å². The van der Waals surface area contributed by atoms with Gasteiger partial charge in [0, 0.05) is 31.2 Å². The summed E-state index contributed by atoms with van der Waals surface area (Å²) in [6, 6.07) is 5.04. The van der Waals surface area contributed by atoms with Gasteiger partial charge in [0.25, 0.3) is 0 Å². The molecule has 1 aromatic rings. The largest absolute Gasteiger partial charge is 0.393 e. The zero-order valence-electron chi connectivity index (χ0n) is 14.8. The molecule has 134 valence electrons. The molecule has 1 heterocycles. The van der Waals surface area contributed by atoms with Gasteiger partial charge in [0.05, 0.1) is 6.10 Å². The maximum absolute atomic E-state index is 14.1. The Morgan fingerprint density at radius 2 is 2.25 bits per heavy atom. The third-order valence-electron chi connectivity index (χ3n) is 4.30. The van der Waals surface area contributed by atoms with Gasteiger partial charge in [0.15, 0.2) is 0 Å². The molecule has 1 saturated heterocycles. The quantitative estimate of drug-likeness (QED) is 0.838. The summed E-state index contributed by atoms with van der Waals surface area (Å²) in [5.74, 6) is -0.247. The van der Waals surface area contributed by atoms with Gasteiger partial charge in [0.1, 0.15) is 5.82 Å². The van der Waals surface area contributed by atoms with Gasteiger partial charge in [-0.3, -0.25) is 0 Å². The van der Waals surface area contributed by atoms with Crippen molar-refractivity contribution in [1.82, 2.24) is 15.1 Å². The summed E-state index contributed by atoms with van der Waals surface area (Å²) in [4.78, 5) is 16.0. The van der Waals surface area contributed by atoms with Crippen molar-refractivity contribution in [3.63, 3.8) is 0 Å². The molecule has 0 aliphatic carbocycles. The molecule has 0 bridgehead atoms. The Kier molecular flexibility index (Phi) is 6.57. The van der Waals surface area contributed by atoms with Crippen molar-refractivity contribution in [2.75, 3.05) is 20.6 Å². The molecule has 6 heteroatoms. The molecule has 24 heavy (non-hydrogen) atoms. The van der Waals surface area contributed by atoms with Gasteiger partial charge in [-0.05, 0) is 51.9 Å². The van der Waals surface area contributed by atoms with Gasteiger partial charge in [-0.15, -0.1) is 0 Å². The number of aliphatic hydroxyl groups is 1. The number of hydrogen-bond acceptors (Lipinski definition) is 3. The normalized spacial score (nSPS) is 18.9. The van der Waals surface area contributed by atoms with Crippen LogP contribution in [0.3, 0.4) is 0 Å². The fraction of sp³-hybridized carbons (Fsp3) is 0.611. The lowest BCUT2D eigenvalue weighted by atomic mass is 10.1. The summed E-state index contributed by atoms with van der Waals surface area (Å²) in [5.41, 5.74) is 1.39. The Balaban J connectivity index is 1.90. The molecular weight excluding hydrogens is 309 g/mol. The van der Waals surface area contributed by atoms with Crippen LogP contribution in [0.15, 0.2) is 18.2 Å². The highest BCUT2D eigenvalue weighted by molar-refractivity contribution is 5.74. The average molecular weight is 337 g/mol. The van der Waals surface area contributed by atoms with Crippen LogP contribution in [0.1, 0.15) is 37.3 Å². The number of benzene rings is 1. The number of hydrogen-bond donors (Lipinski definition) is 2. The SMILES string of the molecule is CC(O)CC1CCCN1C(=O)NCc1ccc(CN(C)C)c(F)c1. The van der Waals surface area contributed by atoms with Crippen LogP contribution in [0.2, 0.25) is 0 Å². The number of likely N-dealkylation sites (tertiary alicyclic amines) is 1. The molecular formula is C18H28FN3O2. The highest BCUT2D eigenvalue weighted by atomic mass is 19.1. The highest BCUT2D eigenvalue weighted by Gasteiger charge is 2.29. The minimum atomic E-state index is -0.415. The molecule has 5 nitrogen and oxygen atoms in total. The van der Waals surface area contributed by atoms with Crippen molar-refractivity contribution in [3.05, 3.63) is 35.1 Å². The van der Waals surface area contributed by atoms with E-state index in [0.29, 0.717) is 31.6 Å². The first-order chi connectivity index (χ1) is 11.4. The van der Waals surface area contributed by atoms with Crippen LogP contribution in [-0.4, -0.2) is 53.7 Å². The minimum Gasteiger partial charge on any atom is -0.393 e. The first-order valence-electron chi connectivity index (χ1n) is 8.51. The molecule has 2 rings (SSSR count). The van der Waals surface area contributed by atoms with E-state index in [9.17, 15) is 14.3 Å². The number of carbonyl (C=O) groups is 1. The predicted octanol–water partition coefficient (Wildman–Crippen LogP) is 2.33. The van der Waals surface area contributed by atoms with E-state index in [2.05, 4.69) is 5.32 Å². The second kappa shape index (κ2) is 8.44. The fourth-order valence-electron chi connectivity index (χ4n) is 3.19. The number of nitrogens with zero attached hydrogens (tertiary/aromatic N) is 2. The minimum absolute atomic E-state index is 0.0872. The molecule has 2 N–H and O–H groups in total. The molecule has 2 atom stereocenters. The van der Waals surface area contributed by atoms with Crippen molar-refractivity contribution >= 4 is 6.03 Å². The Morgan fingerprint density at radius 3 is 2.88 bits per heavy atom. The van der Waals surface area contributed by atoms with E-state index in [1.165, 1.54) is 6.07 Å². The van der Waals surface area contributed by atoms with Crippen LogP contribution in [0.5, 0.6) is 0 Å². The Morgan fingerprint density at radius 1 is 1.50 bits per heavy atom. The van der Waals surface area contributed by atoms with Crippen LogP contribution in [-0.2, 0) is 13.1 Å². The van der Waals surface area contributed by atoms with E-state index in [1.54, 1.807) is 17.9 Å². The Hall–Kier alpha value is -1.66.